The van der Waals surface area contributed by atoms with Crippen LogP contribution in [0.25, 0.3) is 0 Å². The molecule has 2 atom stereocenters. The molecule has 2 unspecified atom stereocenters. The van der Waals surface area contributed by atoms with E-state index in [4.69, 9.17) is 28.4 Å². The second kappa shape index (κ2) is 9.05. The summed E-state index contributed by atoms with van der Waals surface area (Å²) in [6, 6.07) is 3.08. The van der Waals surface area contributed by atoms with Crippen LogP contribution in [0.1, 0.15) is 43.5 Å². The van der Waals surface area contributed by atoms with E-state index >= 15 is 0 Å². The van der Waals surface area contributed by atoms with Crippen LogP contribution in [-0.2, 0) is 19.0 Å². The van der Waals surface area contributed by atoms with Crippen molar-refractivity contribution in [3.8, 4) is 17.2 Å². The fourth-order valence-electron chi connectivity index (χ4n) is 3.82. The molecule has 11 heteroatoms. The smallest absolute Gasteiger partial charge is 0.338 e. The van der Waals surface area contributed by atoms with Gasteiger partial charge in [-0.2, -0.15) is 0 Å². The average Bonchev–Trinajstić information content (AvgIpc) is 3.61. The summed E-state index contributed by atoms with van der Waals surface area (Å²) in [5.41, 5.74) is 0.820. The first-order valence-electron chi connectivity index (χ1n) is 9.55. The molecule has 1 saturated heterocycles. The maximum absolute atomic E-state index is 13.7. The lowest BCUT2D eigenvalue weighted by Crippen LogP contribution is -2.24. The third-order valence-electron chi connectivity index (χ3n) is 5.34. The number of ether oxygens (including phenoxy) is 6. The molecule has 0 bridgehead atoms. The standard InChI is InChI=1S/C22H18Br2O9/c1-28-7-32-10-6-8(18-21(33-18)22(27)31-4)5-9-11(10)17(26)13-12(16(9)25)14(23)20(30-3)15(24)19(13)29-2/h5-6,18,21H,7H2,1-4H3. The second-order valence-corrected chi connectivity index (χ2v) is 8.68. The maximum Gasteiger partial charge on any atom is 0.338 e. The molecule has 2 aromatic carbocycles. The molecule has 0 radical (unpaired) electrons. The third kappa shape index (κ3) is 3.72. The molecule has 0 aromatic heterocycles. The number of carbonyl (C=O) groups excluding carboxylic acids is 3. The highest BCUT2D eigenvalue weighted by molar-refractivity contribution is 9.11. The summed E-state index contributed by atoms with van der Waals surface area (Å²) < 4.78 is 32.4. The Morgan fingerprint density at radius 3 is 2.24 bits per heavy atom. The van der Waals surface area contributed by atoms with Crippen LogP contribution in [0, 0.1) is 0 Å². The van der Waals surface area contributed by atoms with E-state index in [0.29, 0.717) is 20.3 Å². The molecule has 33 heavy (non-hydrogen) atoms. The van der Waals surface area contributed by atoms with Gasteiger partial charge in [0.1, 0.15) is 22.1 Å². The van der Waals surface area contributed by atoms with Gasteiger partial charge >= 0.3 is 5.97 Å². The topological polar surface area (TPSA) is 110 Å². The molecule has 0 saturated carbocycles. The molecule has 4 rings (SSSR count). The predicted molar refractivity (Wildman–Crippen MR) is 120 cm³/mol. The van der Waals surface area contributed by atoms with Crippen molar-refractivity contribution in [2.24, 2.45) is 0 Å². The van der Waals surface area contributed by atoms with Crippen molar-refractivity contribution in [2.45, 2.75) is 12.2 Å². The first-order chi connectivity index (χ1) is 15.8. The maximum atomic E-state index is 13.7. The zero-order chi connectivity index (χ0) is 24.0. The summed E-state index contributed by atoms with van der Waals surface area (Å²) in [6.07, 6.45) is -1.43. The third-order valence-corrected chi connectivity index (χ3v) is 6.82. The van der Waals surface area contributed by atoms with Crippen molar-refractivity contribution in [3.63, 3.8) is 0 Å². The lowest BCUT2D eigenvalue weighted by Gasteiger charge is -2.25. The Bertz CT molecular complexity index is 1190. The van der Waals surface area contributed by atoms with Crippen LogP contribution in [-0.4, -0.2) is 58.9 Å². The Kier molecular flexibility index (Phi) is 6.50. The molecule has 2 aliphatic rings. The van der Waals surface area contributed by atoms with Gasteiger partial charge in [0.15, 0.2) is 24.4 Å². The molecular weight excluding hydrogens is 568 g/mol. The minimum Gasteiger partial charge on any atom is -0.495 e. The van der Waals surface area contributed by atoms with E-state index in [0.717, 1.165) is 0 Å². The number of esters is 1. The number of benzene rings is 2. The van der Waals surface area contributed by atoms with Gasteiger partial charge in [0, 0.05) is 12.7 Å². The number of hydrogen-bond acceptors (Lipinski definition) is 9. The summed E-state index contributed by atoms with van der Waals surface area (Å²) in [5, 5.41) is 0. The molecule has 1 aliphatic heterocycles. The van der Waals surface area contributed by atoms with Crippen LogP contribution in [0.5, 0.6) is 17.2 Å². The number of rotatable bonds is 7. The van der Waals surface area contributed by atoms with Gasteiger partial charge in [-0.25, -0.2) is 4.79 Å². The first-order valence-corrected chi connectivity index (χ1v) is 11.1. The highest BCUT2D eigenvalue weighted by atomic mass is 79.9. The minimum atomic E-state index is -0.798. The van der Waals surface area contributed by atoms with E-state index in [2.05, 4.69) is 31.9 Å². The summed E-state index contributed by atoms with van der Waals surface area (Å²) >= 11 is 6.79. The van der Waals surface area contributed by atoms with Gasteiger partial charge in [0.2, 0.25) is 5.78 Å². The highest BCUT2D eigenvalue weighted by Gasteiger charge is 2.49. The normalized spacial score (nSPS) is 18.4. The van der Waals surface area contributed by atoms with Crippen LogP contribution in [0.15, 0.2) is 21.1 Å². The zero-order valence-corrected chi connectivity index (χ0v) is 21.1. The Balaban J connectivity index is 1.94. The summed E-state index contributed by atoms with van der Waals surface area (Å²) in [4.78, 5) is 39.2. The quantitative estimate of drug-likeness (QED) is 0.233. The largest absolute Gasteiger partial charge is 0.495 e. The van der Waals surface area contributed by atoms with Gasteiger partial charge in [-0.1, -0.05) is 0 Å². The van der Waals surface area contributed by atoms with Crippen molar-refractivity contribution < 1.29 is 42.8 Å². The van der Waals surface area contributed by atoms with Crippen LogP contribution in [0.2, 0.25) is 0 Å². The van der Waals surface area contributed by atoms with Crippen LogP contribution in [0.3, 0.4) is 0 Å². The lowest BCUT2D eigenvalue weighted by atomic mass is 9.81. The average molecular weight is 586 g/mol. The summed E-state index contributed by atoms with van der Waals surface area (Å²) in [5.74, 6) is -0.871. The number of hydrogen-bond donors (Lipinski definition) is 0. The number of halogens is 2. The van der Waals surface area contributed by atoms with Crippen molar-refractivity contribution in [3.05, 3.63) is 48.9 Å². The van der Waals surface area contributed by atoms with Gasteiger partial charge in [-0.3, -0.25) is 9.59 Å². The molecule has 1 heterocycles. The zero-order valence-electron chi connectivity index (χ0n) is 17.9. The van der Waals surface area contributed by atoms with Crippen molar-refractivity contribution in [2.75, 3.05) is 35.2 Å². The SMILES string of the molecule is COCOc1cc(C2OC2C(=O)OC)cc2c1C(=O)c1c(OC)c(Br)c(OC)c(Br)c1C2=O. The Labute approximate surface area is 205 Å². The molecule has 0 spiro atoms. The first kappa shape index (κ1) is 23.7. The van der Waals surface area contributed by atoms with Crippen LogP contribution in [0.4, 0.5) is 0 Å². The Morgan fingerprint density at radius 1 is 0.939 bits per heavy atom. The van der Waals surface area contributed by atoms with E-state index in [9.17, 15) is 14.4 Å². The van der Waals surface area contributed by atoms with Crippen LogP contribution >= 0.6 is 31.9 Å². The van der Waals surface area contributed by atoms with Crippen LogP contribution < -0.4 is 14.2 Å². The fraction of sp³-hybridized carbons (Fsp3) is 0.318. The monoisotopic (exact) mass is 584 g/mol. The molecule has 174 valence electrons. The van der Waals surface area contributed by atoms with Gasteiger partial charge in [0.05, 0.1) is 42.5 Å². The van der Waals surface area contributed by atoms with Gasteiger partial charge in [0.25, 0.3) is 0 Å². The lowest BCUT2D eigenvalue weighted by molar-refractivity contribution is -0.142. The number of carbonyl (C=O) groups is 3. The number of methoxy groups -OCH3 is 4. The highest BCUT2D eigenvalue weighted by Crippen LogP contribution is 2.51. The summed E-state index contributed by atoms with van der Waals surface area (Å²) in [7, 11) is 5.52. The second-order valence-electron chi connectivity index (χ2n) is 7.10. The van der Waals surface area contributed by atoms with E-state index in [1.165, 1.54) is 34.5 Å². The predicted octanol–water partition coefficient (Wildman–Crippen LogP) is 3.60. The van der Waals surface area contributed by atoms with E-state index in [-0.39, 0.29) is 40.5 Å². The minimum absolute atomic E-state index is 0.0610. The molecule has 0 amide bonds. The van der Waals surface area contributed by atoms with E-state index < -0.39 is 29.7 Å². The Hall–Kier alpha value is -2.47. The van der Waals surface area contributed by atoms with Gasteiger partial charge < -0.3 is 28.4 Å². The number of epoxide rings is 1. The Morgan fingerprint density at radius 2 is 1.64 bits per heavy atom. The molecule has 9 nitrogen and oxygen atoms in total. The van der Waals surface area contributed by atoms with Gasteiger partial charge in [-0.15, -0.1) is 0 Å². The van der Waals surface area contributed by atoms with Gasteiger partial charge in [-0.05, 0) is 49.6 Å². The molecule has 1 aliphatic carbocycles. The molecular formula is C22H18Br2O9. The number of ketones is 2. The molecule has 2 aromatic rings. The molecule has 0 N–H and O–H groups in total. The molecule has 1 fully saturated rings. The number of fused-ring (bicyclic) bond motifs is 2. The summed E-state index contributed by atoms with van der Waals surface area (Å²) in [6.45, 7) is -0.163. The fourth-order valence-corrected chi connectivity index (χ4v) is 5.54. The van der Waals surface area contributed by atoms with Crippen molar-refractivity contribution in [1.29, 1.82) is 0 Å². The van der Waals surface area contributed by atoms with Crippen molar-refractivity contribution in [1.82, 2.24) is 0 Å². The van der Waals surface area contributed by atoms with E-state index in [1.807, 2.05) is 0 Å². The van der Waals surface area contributed by atoms with Crippen molar-refractivity contribution >= 4 is 49.4 Å². The van der Waals surface area contributed by atoms with E-state index in [1.54, 1.807) is 6.07 Å².